The van der Waals surface area contributed by atoms with Gasteiger partial charge in [-0.25, -0.2) is 0 Å². The van der Waals surface area contributed by atoms with Crippen molar-refractivity contribution < 1.29 is 0 Å². The molecule has 0 unspecified atom stereocenters. The van der Waals surface area contributed by atoms with Crippen LogP contribution < -0.4 is 0 Å². The molecule has 0 N–H and O–H groups in total. The normalized spacial score (nSPS) is 11.2. The molecule has 0 aliphatic heterocycles. The van der Waals surface area contributed by atoms with Gasteiger partial charge >= 0.3 is 0 Å². The third kappa shape index (κ3) is 0.898. The lowest BCUT2D eigenvalue weighted by molar-refractivity contribution is 0.840. The molecule has 3 rings (SSSR count). The molecule has 0 aromatic carbocycles. The first-order chi connectivity index (χ1) is 6.86. The van der Waals surface area contributed by atoms with Crippen LogP contribution in [0.1, 0.15) is 0 Å². The summed E-state index contributed by atoms with van der Waals surface area (Å²) in [6, 6.07) is 3.56. The average molecular weight is 206 g/mol. The predicted molar refractivity (Wildman–Crippen MR) is 51.1 cm³/mol. The molecular weight excluding hydrogens is 202 g/mol. The Morgan fingerprint density at radius 3 is 3.21 bits per heavy atom. The van der Waals surface area contributed by atoms with E-state index < -0.39 is 0 Å². The van der Waals surface area contributed by atoms with Crippen molar-refractivity contribution in [3.63, 3.8) is 0 Å². The van der Waals surface area contributed by atoms with E-state index in [0.717, 1.165) is 10.9 Å². The van der Waals surface area contributed by atoms with Gasteiger partial charge in [-0.05, 0) is 16.5 Å². The standard InChI is InChI=1S/C8H4ClN5/c9-6-3-8-11-12-13-14(8)7-4-10-2-1-5(6)7/h1-4H. The minimum absolute atomic E-state index is 0.621. The second-order valence-corrected chi connectivity index (χ2v) is 3.24. The number of hydrogen-bond acceptors (Lipinski definition) is 4. The highest BCUT2D eigenvalue weighted by Crippen LogP contribution is 2.23. The average Bonchev–Trinajstić information content (AvgIpc) is 2.66. The van der Waals surface area contributed by atoms with Crippen molar-refractivity contribution in [3.05, 3.63) is 29.5 Å². The molecule has 0 aliphatic rings. The van der Waals surface area contributed by atoms with Gasteiger partial charge in [0.25, 0.3) is 0 Å². The van der Waals surface area contributed by atoms with Crippen LogP contribution in [-0.4, -0.2) is 25.0 Å². The molecule has 0 radical (unpaired) electrons. The molecule has 3 aromatic rings. The van der Waals surface area contributed by atoms with Crippen LogP contribution in [0.2, 0.25) is 5.02 Å². The Kier molecular flexibility index (Phi) is 1.43. The molecule has 0 saturated heterocycles. The van der Waals surface area contributed by atoms with Crippen LogP contribution in [0.4, 0.5) is 0 Å². The van der Waals surface area contributed by atoms with E-state index in [1.165, 1.54) is 0 Å². The summed E-state index contributed by atoms with van der Waals surface area (Å²) in [6.07, 6.45) is 3.37. The maximum Gasteiger partial charge on any atom is 0.181 e. The highest BCUT2D eigenvalue weighted by atomic mass is 35.5. The zero-order valence-electron chi connectivity index (χ0n) is 6.92. The summed E-state index contributed by atoms with van der Waals surface area (Å²) >= 11 is 6.06. The number of hydrogen-bond donors (Lipinski definition) is 0. The SMILES string of the molecule is Clc1cc2nnnn2c2cnccc12. The van der Waals surface area contributed by atoms with Crippen LogP contribution in [0.5, 0.6) is 0 Å². The molecule has 0 atom stereocenters. The maximum atomic E-state index is 6.06. The van der Waals surface area contributed by atoms with E-state index in [0.29, 0.717) is 10.7 Å². The number of pyridine rings is 2. The molecular formula is C8H4ClN5. The second kappa shape index (κ2) is 2.62. The van der Waals surface area contributed by atoms with E-state index in [2.05, 4.69) is 20.5 Å². The van der Waals surface area contributed by atoms with E-state index >= 15 is 0 Å². The molecule has 68 valence electrons. The summed E-state index contributed by atoms with van der Waals surface area (Å²) in [6.45, 7) is 0. The molecule has 14 heavy (non-hydrogen) atoms. The van der Waals surface area contributed by atoms with Crippen molar-refractivity contribution in [2.45, 2.75) is 0 Å². The summed E-state index contributed by atoms with van der Waals surface area (Å²) in [5.74, 6) is 0. The maximum absolute atomic E-state index is 6.06. The van der Waals surface area contributed by atoms with Gasteiger partial charge in [0.1, 0.15) is 0 Å². The Morgan fingerprint density at radius 1 is 1.36 bits per heavy atom. The van der Waals surface area contributed by atoms with Crippen LogP contribution in [0.25, 0.3) is 16.6 Å². The highest BCUT2D eigenvalue weighted by molar-refractivity contribution is 6.35. The number of halogens is 1. The highest BCUT2D eigenvalue weighted by Gasteiger charge is 2.06. The van der Waals surface area contributed by atoms with E-state index in [1.54, 1.807) is 23.0 Å². The third-order valence-corrected chi connectivity index (χ3v) is 2.35. The van der Waals surface area contributed by atoms with Gasteiger partial charge in [0.2, 0.25) is 0 Å². The second-order valence-electron chi connectivity index (χ2n) is 2.83. The van der Waals surface area contributed by atoms with Gasteiger partial charge in [-0.1, -0.05) is 11.6 Å². The predicted octanol–water partition coefficient (Wildman–Crippen LogP) is 1.33. The van der Waals surface area contributed by atoms with E-state index in [-0.39, 0.29) is 0 Å². The number of nitrogens with zero attached hydrogens (tertiary/aromatic N) is 5. The topological polar surface area (TPSA) is 56.0 Å². The van der Waals surface area contributed by atoms with Crippen molar-refractivity contribution >= 4 is 28.2 Å². The van der Waals surface area contributed by atoms with Crippen LogP contribution in [0.3, 0.4) is 0 Å². The zero-order valence-corrected chi connectivity index (χ0v) is 7.68. The minimum Gasteiger partial charge on any atom is -0.262 e. The van der Waals surface area contributed by atoms with Crippen molar-refractivity contribution in [2.24, 2.45) is 0 Å². The van der Waals surface area contributed by atoms with Gasteiger partial charge in [-0.2, -0.15) is 4.52 Å². The van der Waals surface area contributed by atoms with E-state index in [9.17, 15) is 0 Å². The first kappa shape index (κ1) is 7.64. The third-order valence-electron chi connectivity index (χ3n) is 2.03. The summed E-state index contributed by atoms with van der Waals surface area (Å²) in [7, 11) is 0. The van der Waals surface area contributed by atoms with Gasteiger partial charge < -0.3 is 0 Å². The van der Waals surface area contributed by atoms with Gasteiger partial charge in [-0.15, -0.1) is 5.10 Å². The van der Waals surface area contributed by atoms with Crippen LogP contribution in [0.15, 0.2) is 24.5 Å². The Labute approximate surface area is 83.3 Å². The lowest BCUT2D eigenvalue weighted by Gasteiger charge is -2.00. The summed E-state index contributed by atoms with van der Waals surface area (Å²) in [4.78, 5) is 4.01. The fourth-order valence-corrected chi connectivity index (χ4v) is 1.66. The Bertz CT molecular complexity index is 617. The number of aromatic nitrogens is 5. The van der Waals surface area contributed by atoms with Crippen molar-refractivity contribution in [1.29, 1.82) is 0 Å². The largest absolute Gasteiger partial charge is 0.262 e. The Balaban J connectivity index is 2.67. The summed E-state index contributed by atoms with van der Waals surface area (Å²) < 4.78 is 1.61. The van der Waals surface area contributed by atoms with Gasteiger partial charge in [0.05, 0.1) is 16.7 Å². The molecule has 0 aliphatic carbocycles. The Hall–Kier alpha value is -1.75. The fourth-order valence-electron chi connectivity index (χ4n) is 1.40. The smallest absolute Gasteiger partial charge is 0.181 e. The van der Waals surface area contributed by atoms with Crippen LogP contribution >= 0.6 is 11.6 Å². The summed E-state index contributed by atoms with van der Waals surface area (Å²) in [5.41, 5.74) is 1.43. The molecule has 0 amide bonds. The lowest BCUT2D eigenvalue weighted by atomic mass is 10.2. The van der Waals surface area contributed by atoms with Gasteiger partial charge in [0, 0.05) is 17.6 Å². The van der Waals surface area contributed by atoms with E-state index in [1.807, 2.05) is 6.07 Å². The van der Waals surface area contributed by atoms with E-state index in [4.69, 9.17) is 11.6 Å². The van der Waals surface area contributed by atoms with Crippen LogP contribution in [0, 0.1) is 0 Å². The van der Waals surface area contributed by atoms with Gasteiger partial charge in [-0.3, -0.25) is 4.98 Å². The molecule has 6 heteroatoms. The van der Waals surface area contributed by atoms with Crippen molar-refractivity contribution in [3.8, 4) is 0 Å². The quantitative estimate of drug-likeness (QED) is 0.556. The molecule has 0 spiro atoms. The first-order valence-corrected chi connectivity index (χ1v) is 4.34. The summed E-state index contributed by atoms with van der Waals surface area (Å²) in [5, 5.41) is 12.8. The molecule has 3 heterocycles. The zero-order chi connectivity index (χ0) is 9.54. The molecule has 0 saturated carbocycles. The van der Waals surface area contributed by atoms with Crippen LogP contribution in [-0.2, 0) is 0 Å². The number of tetrazole rings is 1. The molecule has 3 aromatic heterocycles. The molecule has 0 fully saturated rings. The lowest BCUT2D eigenvalue weighted by Crippen LogP contribution is -1.91. The Morgan fingerprint density at radius 2 is 2.29 bits per heavy atom. The molecule has 5 nitrogen and oxygen atoms in total. The van der Waals surface area contributed by atoms with Gasteiger partial charge in [0.15, 0.2) is 5.65 Å². The minimum atomic E-state index is 0.621. The molecule has 0 bridgehead atoms. The first-order valence-electron chi connectivity index (χ1n) is 3.96. The monoisotopic (exact) mass is 205 g/mol. The number of rotatable bonds is 0. The van der Waals surface area contributed by atoms with Crippen molar-refractivity contribution in [1.82, 2.24) is 25.0 Å². The number of fused-ring (bicyclic) bond motifs is 3. The fraction of sp³-hybridized carbons (Fsp3) is 0. The van der Waals surface area contributed by atoms with Crippen molar-refractivity contribution in [2.75, 3.05) is 0 Å².